The number of halogens is 1. The first-order valence-corrected chi connectivity index (χ1v) is 10.4. The number of hydrogen-bond acceptors (Lipinski definition) is 4. The summed E-state index contributed by atoms with van der Waals surface area (Å²) in [7, 11) is -4.10. The van der Waals surface area contributed by atoms with Crippen LogP contribution in [0.4, 0.5) is 4.39 Å². The molecule has 4 aromatic rings. The van der Waals surface area contributed by atoms with Crippen molar-refractivity contribution in [2.45, 2.75) is 16.7 Å². The van der Waals surface area contributed by atoms with Crippen LogP contribution in [-0.2, 0) is 9.84 Å². The van der Waals surface area contributed by atoms with E-state index >= 15 is 0 Å². The van der Waals surface area contributed by atoms with Crippen LogP contribution in [0.2, 0.25) is 0 Å². The van der Waals surface area contributed by atoms with E-state index in [1.165, 1.54) is 30.5 Å². The number of pyridine rings is 1. The monoisotopic (exact) mass is 405 g/mol. The molecular formula is C23H16FNO3S. The van der Waals surface area contributed by atoms with Gasteiger partial charge in [0.1, 0.15) is 5.82 Å². The van der Waals surface area contributed by atoms with Gasteiger partial charge in [0.25, 0.3) is 0 Å². The van der Waals surface area contributed by atoms with Crippen LogP contribution >= 0.6 is 0 Å². The first kappa shape index (κ1) is 19.0. The fourth-order valence-electron chi connectivity index (χ4n) is 3.17. The van der Waals surface area contributed by atoms with E-state index in [1.54, 1.807) is 42.5 Å². The van der Waals surface area contributed by atoms with E-state index in [0.29, 0.717) is 11.1 Å². The summed E-state index contributed by atoms with van der Waals surface area (Å²) in [6.45, 7) is 1.89. The summed E-state index contributed by atoms with van der Waals surface area (Å²) in [5.74, 6) is -1.10. The zero-order chi connectivity index (χ0) is 20.6. The first-order valence-electron chi connectivity index (χ1n) is 8.88. The molecule has 0 saturated carbocycles. The molecule has 4 nitrogen and oxygen atoms in total. The Morgan fingerprint density at radius 2 is 1.62 bits per heavy atom. The highest BCUT2D eigenvalue weighted by molar-refractivity contribution is 7.91. The lowest BCUT2D eigenvalue weighted by atomic mass is 10.0. The molecule has 29 heavy (non-hydrogen) atoms. The average molecular weight is 405 g/mol. The van der Waals surface area contributed by atoms with Crippen LogP contribution in [0.1, 0.15) is 21.5 Å². The number of hydrogen-bond donors (Lipinski definition) is 0. The van der Waals surface area contributed by atoms with Gasteiger partial charge in [-0.3, -0.25) is 9.78 Å². The number of benzene rings is 3. The maximum Gasteiger partial charge on any atom is 0.208 e. The molecule has 0 amide bonds. The number of aromatic nitrogens is 1. The summed E-state index contributed by atoms with van der Waals surface area (Å²) in [4.78, 5) is 17.2. The Morgan fingerprint density at radius 3 is 2.31 bits per heavy atom. The number of rotatable bonds is 4. The van der Waals surface area contributed by atoms with E-state index in [-0.39, 0.29) is 20.7 Å². The topological polar surface area (TPSA) is 64.1 Å². The van der Waals surface area contributed by atoms with Gasteiger partial charge in [0, 0.05) is 17.1 Å². The Hall–Kier alpha value is -3.38. The second-order valence-corrected chi connectivity index (χ2v) is 8.56. The van der Waals surface area contributed by atoms with Gasteiger partial charge in [0.2, 0.25) is 9.84 Å². The van der Waals surface area contributed by atoms with Crippen molar-refractivity contribution in [2.24, 2.45) is 0 Å². The third-order valence-electron chi connectivity index (χ3n) is 4.66. The fraction of sp³-hybridized carbons (Fsp3) is 0.0435. The fourth-order valence-corrected chi connectivity index (χ4v) is 4.81. The van der Waals surface area contributed by atoms with E-state index in [2.05, 4.69) is 4.98 Å². The Bertz CT molecular complexity index is 1330. The van der Waals surface area contributed by atoms with Gasteiger partial charge in [-0.05, 0) is 37.3 Å². The quantitative estimate of drug-likeness (QED) is 0.460. The van der Waals surface area contributed by atoms with Crippen molar-refractivity contribution in [3.05, 3.63) is 102 Å². The predicted octanol–water partition coefficient (Wildman–Crippen LogP) is 4.75. The van der Waals surface area contributed by atoms with E-state index in [1.807, 2.05) is 6.92 Å². The molecule has 0 aliphatic heterocycles. The molecule has 3 aromatic carbocycles. The molecule has 0 N–H and O–H groups in total. The number of carbonyl (C=O) groups excluding carboxylic acids is 1. The number of sulfone groups is 1. The second-order valence-electron chi connectivity index (χ2n) is 6.67. The molecule has 6 heteroatoms. The van der Waals surface area contributed by atoms with Gasteiger partial charge >= 0.3 is 0 Å². The normalized spacial score (nSPS) is 11.5. The second kappa shape index (κ2) is 7.22. The third-order valence-corrected chi connectivity index (χ3v) is 6.53. The van der Waals surface area contributed by atoms with Gasteiger partial charge in [-0.2, -0.15) is 0 Å². The van der Waals surface area contributed by atoms with Gasteiger partial charge in [-0.25, -0.2) is 12.8 Å². The van der Waals surface area contributed by atoms with Crippen molar-refractivity contribution in [2.75, 3.05) is 0 Å². The molecule has 0 aliphatic rings. The van der Waals surface area contributed by atoms with Crippen LogP contribution in [0, 0.1) is 12.7 Å². The van der Waals surface area contributed by atoms with Crippen LogP contribution < -0.4 is 0 Å². The minimum atomic E-state index is -4.10. The lowest BCUT2D eigenvalue weighted by Crippen LogP contribution is -2.12. The largest absolute Gasteiger partial charge is 0.289 e. The van der Waals surface area contributed by atoms with Gasteiger partial charge in [-0.1, -0.05) is 48.0 Å². The highest BCUT2D eigenvalue weighted by Gasteiger charge is 2.28. The highest BCUT2D eigenvalue weighted by Crippen LogP contribution is 2.32. The van der Waals surface area contributed by atoms with Crippen LogP contribution in [0.5, 0.6) is 0 Å². The molecule has 4 rings (SSSR count). The van der Waals surface area contributed by atoms with E-state index in [9.17, 15) is 17.6 Å². The van der Waals surface area contributed by atoms with E-state index in [4.69, 9.17) is 0 Å². The molecule has 0 atom stereocenters. The molecule has 0 aliphatic carbocycles. The molecule has 0 bridgehead atoms. The molecule has 0 spiro atoms. The van der Waals surface area contributed by atoms with Crippen molar-refractivity contribution >= 4 is 26.5 Å². The summed E-state index contributed by atoms with van der Waals surface area (Å²) < 4.78 is 40.9. The first-order chi connectivity index (χ1) is 13.9. The van der Waals surface area contributed by atoms with Crippen LogP contribution in [0.3, 0.4) is 0 Å². The standard InChI is InChI=1S/C23H16FNO3S/c1-15-7-9-16(10-8-15)22(26)20-14-25-21-12-11-17(24)13-19(21)23(20)29(27,28)18-5-3-2-4-6-18/h2-14H,1H3. The Kier molecular flexibility index (Phi) is 4.72. The number of nitrogens with zero attached hydrogens (tertiary/aromatic N) is 1. The molecule has 0 radical (unpaired) electrons. The number of aryl methyl sites for hydroxylation is 1. The molecule has 0 unspecified atom stereocenters. The smallest absolute Gasteiger partial charge is 0.208 e. The number of carbonyl (C=O) groups is 1. The minimum absolute atomic E-state index is 0.0229. The zero-order valence-electron chi connectivity index (χ0n) is 15.5. The van der Waals surface area contributed by atoms with Crippen LogP contribution in [-0.4, -0.2) is 19.2 Å². The number of ketones is 1. The minimum Gasteiger partial charge on any atom is -0.289 e. The third kappa shape index (κ3) is 3.43. The SMILES string of the molecule is Cc1ccc(C(=O)c2cnc3ccc(F)cc3c2S(=O)(=O)c2ccccc2)cc1. The van der Waals surface area contributed by atoms with Gasteiger partial charge in [0.05, 0.1) is 20.9 Å². The maximum absolute atomic E-state index is 14.0. The summed E-state index contributed by atoms with van der Waals surface area (Å²) in [5, 5.41) is 0.0758. The molecule has 1 heterocycles. The molecule has 1 aromatic heterocycles. The Balaban J connectivity index is 2.04. The lowest BCUT2D eigenvalue weighted by Gasteiger charge is -2.13. The van der Waals surface area contributed by atoms with Crippen LogP contribution in [0.15, 0.2) is 88.8 Å². The maximum atomic E-state index is 14.0. The summed E-state index contributed by atoms with van der Waals surface area (Å²) in [6.07, 6.45) is 1.25. The number of fused-ring (bicyclic) bond motifs is 1. The van der Waals surface area contributed by atoms with Crippen molar-refractivity contribution in [1.29, 1.82) is 0 Å². The Morgan fingerprint density at radius 1 is 0.931 bits per heavy atom. The van der Waals surface area contributed by atoms with Crippen LogP contribution in [0.25, 0.3) is 10.9 Å². The molecular weight excluding hydrogens is 389 g/mol. The van der Waals surface area contributed by atoms with Crippen molar-refractivity contribution in [3.63, 3.8) is 0 Å². The summed E-state index contributed by atoms with van der Waals surface area (Å²) in [6, 6.07) is 18.3. The van der Waals surface area contributed by atoms with Crippen molar-refractivity contribution < 1.29 is 17.6 Å². The van der Waals surface area contributed by atoms with Gasteiger partial charge in [0.15, 0.2) is 5.78 Å². The van der Waals surface area contributed by atoms with Gasteiger partial charge in [-0.15, -0.1) is 0 Å². The van der Waals surface area contributed by atoms with E-state index < -0.39 is 21.4 Å². The Labute approximate surface area is 167 Å². The molecule has 144 valence electrons. The molecule has 0 fully saturated rings. The highest BCUT2D eigenvalue weighted by atomic mass is 32.2. The van der Waals surface area contributed by atoms with Crippen molar-refractivity contribution in [3.8, 4) is 0 Å². The van der Waals surface area contributed by atoms with Crippen molar-refractivity contribution in [1.82, 2.24) is 4.98 Å². The van der Waals surface area contributed by atoms with E-state index in [0.717, 1.165) is 11.6 Å². The lowest BCUT2D eigenvalue weighted by molar-refractivity contribution is 0.103. The average Bonchev–Trinajstić information content (AvgIpc) is 2.73. The van der Waals surface area contributed by atoms with Gasteiger partial charge < -0.3 is 0 Å². The zero-order valence-corrected chi connectivity index (χ0v) is 16.3. The predicted molar refractivity (Wildman–Crippen MR) is 108 cm³/mol. The summed E-state index contributed by atoms with van der Waals surface area (Å²) in [5.41, 5.74) is 1.51. The summed E-state index contributed by atoms with van der Waals surface area (Å²) >= 11 is 0. The molecule has 0 saturated heterocycles.